The Kier molecular flexibility index (Phi) is 8.04. The van der Waals surface area contributed by atoms with Gasteiger partial charge >= 0.3 is 0 Å². The van der Waals surface area contributed by atoms with E-state index in [4.69, 9.17) is 0 Å². The lowest BCUT2D eigenvalue weighted by Gasteiger charge is -2.33. The lowest BCUT2D eigenvalue weighted by atomic mass is 9.91. The number of aryl methyl sites for hydroxylation is 2. The number of hydrogen-bond acceptors (Lipinski definition) is 2. The van der Waals surface area contributed by atoms with E-state index < -0.39 is 0 Å². The maximum Gasteiger partial charge on any atom is 0.0620 e. The lowest BCUT2D eigenvalue weighted by molar-refractivity contribution is 0.792. The molecule has 220 valence electrons. The summed E-state index contributed by atoms with van der Waals surface area (Å²) in [6.45, 7) is 4.56. The summed E-state index contributed by atoms with van der Waals surface area (Å²) in [4.78, 5) is 4.89. The number of unbranched alkanes of at least 4 members (excludes halogenated alkanes) is 1. The number of hydrogen-bond donors (Lipinski definition) is 0. The summed E-state index contributed by atoms with van der Waals surface area (Å²) in [5.41, 5.74) is 9.72. The van der Waals surface area contributed by atoms with E-state index in [1.54, 1.807) is 0 Å². The molecular formula is C43H38N2. The average Bonchev–Trinajstić information content (AvgIpc) is 3.10. The Morgan fingerprint density at radius 3 is 1.16 bits per heavy atom. The number of anilines is 6. The van der Waals surface area contributed by atoms with Crippen molar-refractivity contribution in [3.05, 3.63) is 169 Å². The third kappa shape index (κ3) is 5.45. The largest absolute Gasteiger partial charge is 0.309 e. The summed E-state index contributed by atoms with van der Waals surface area (Å²) in [5.74, 6) is 0. The summed E-state index contributed by atoms with van der Waals surface area (Å²) in [7, 11) is 0. The maximum atomic E-state index is 2.48. The Morgan fingerprint density at radius 2 is 0.778 bits per heavy atom. The van der Waals surface area contributed by atoms with Crippen LogP contribution in [0.1, 0.15) is 30.9 Å². The van der Waals surface area contributed by atoms with E-state index in [9.17, 15) is 0 Å². The number of fused-ring (bicyclic) bond motifs is 2. The minimum Gasteiger partial charge on any atom is -0.309 e. The van der Waals surface area contributed by atoms with Crippen LogP contribution in [0.3, 0.4) is 0 Å². The number of rotatable bonds is 9. The molecule has 0 atom stereocenters. The van der Waals surface area contributed by atoms with Crippen LogP contribution >= 0.6 is 0 Å². The van der Waals surface area contributed by atoms with Gasteiger partial charge in [-0.25, -0.2) is 0 Å². The van der Waals surface area contributed by atoms with Gasteiger partial charge in [-0.05, 0) is 91.6 Å². The molecule has 0 unspecified atom stereocenters. The molecule has 0 heterocycles. The van der Waals surface area contributed by atoms with Crippen molar-refractivity contribution < 1.29 is 0 Å². The minimum atomic E-state index is 1.07. The molecule has 0 aliphatic heterocycles. The van der Waals surface area contributed by atoms with Gasteiger partial charge in [-0.15, -0.1) is 0 Å². The second-order valence-corrected chi connectivity index (χ2v) is 11.7. The van der Waals surface area contributed by atoms with Crippen molar-refractivity contribution in [1.29, 1.82) is 0 Å². The van der Waals surface area contributed by atoms with Crippen LogP contribution < -0.4 is 9.80 Å². The van der Waals surface area contributed by atoms with Gasteiger partial charge in [0.1, 0.15) is 0 Å². The van der Waals surface area contributed by atoms with Crippen LogP contribution in [0.15, 0.2) is 158 Å². The normalized spacial score (nSPS) is 11.2. The second kappa shape index (κ2) is 12.7. The van der Waals surface area contributed by atoms with Gasteiger partial charge in [0.2, 0.25) is 0 Å². The highest BCUT2D eigenvalue weighted by Crippen LogP contribution is 2.51. The lowest BCUT2D eigenvalue weighted by Crippen LogP contribution is -2.14. The summed E-state index contributed by atoms with van der Waals surface area (Å²) in [6, 6.07) is 57.0. The molecule has 7 rings (SSSR count). The molecule has 7 aromatic carbocycles. The molecule has 0 aliphatic carbocycles. The number of nitrogens with zero attached hydrogens (tertiary/aromatic N) is 2. The highest BCUT2D eigenvalue weighted by molar-refractivity contribution is 6.23. The molecule has 0 radical (unpaired) electrons. The van der Waals surface area contributed by atoms with Crippen molar-refractivity contribution in [3.63, 3.8) is 0 Å². The number of benzene rings is 7. The molecule has 45 heavy (non-hydrogen) atoms. The summed E-state index contributed by atoms with van der Waals surface area (Å²) < 4.78 is 0. The highest BCUT2D eigenvalue weighted by Gasteiger charge is 2.25. The van der Waals surface area contributed by atoms with Crippen LogP contribution in [0.2, 0.25) is 0 Å². The third-order valence-corrected chi connectivity index (χ3v) is 8.73. The van der Waals surface area contributed by atoms with Gasteiger partial charge < -0.3 is 9.80 Å². The third-order valence-electron chi connectivity index (χ3n) is 8.73. The first kappa shape index (κ1) is 28.4. The molecule has 2 heteroatoms. The van der Waals surface area contributed by atoms with Crippen LogP contribution in [0, 0.1) is 6.92 Å². The molecule has 0 aliphatic rings. The molecule has 0 bridgehead atoms. The summed E-state index contributed by atoms with van der Waals surface area (Å²) in [5, 5.41) is 4.93. The van der Waals surface area contributed by atoms with Gasteiger partial charge in [0, 0.05) is 44.3 Å². The first-order valence-corrected chi connectivity index (χ1v) is 16.0. The average molecular weight is 583 g/mol. The van der Waals surface area contributed by atoms with Crippen LogP contribution in [-0.2, 0) is 6.42 Å². The van der Waals surface area contributed by atoms with Crippen LogP contribution in [0.4, 0.5) is 34.1 Å². The van der Waals surface area contributed by atoms with Crippen molar-refractivity contribution in [1.82, 2.24) is 0 Å². The molecule has 0 saturated heterocycles. The monoisotopic (exact) mass is 582 g/mol. The van der Waals surface area contributed by atoms with Crippen LogP contribution in [-0.4, -0.2) is 0 Å². The van der Waals surface area contributed by atoms with Crippen molar-refractivity contribution in [2.24, 2.45) is 0 Å². The fraction of sp³-hybridized carbons (Fsp3) is 0.116. The molecule has 7 aromatic rings. The van der Waals surface area contributed by atoms with Crippen molar-refractivity contribution in [2.45, 2.75) is 33.1 Å². The first-order chi connectivity index (χ1) is 22.2. The van der Waals surface area contributed by atoms with Gasteiger partial charge in [-0.1, -0.05) is 110 Å². The Morgan fingerprint density at radius 1 is 0.422 bits per heavy atom. The zero-order valence-corrected chi connectivity index (χ0v) is 26.0. The summed E-state index contributed by atoms with van der Waals surface area (Å²) >= 11 is 0. The van der Waals surface area contributed by atoms with Gasteiger partial charge in [0.25, 0.3) is 0 Å². The van der Waals surface area contributed by atoms with E-state index in [0.717, 1.165) is 29.2 Å². The fourth-order valence-electron chi connectivity index (χ4n) is 6.57. The fourth-order valence-corrected chi connectivity index (χ4v) is 6.57. The molecule has 0 spiro atoms. The van der Waals surface area contributed by atoms with Crippen LogP contribution in [0.5, 0.6) is 0 Å². The van der Waals surface area contributed by atoms with Gasteiger partial charge in [0.15, 0.2) is 0 Å². The smallest absolute Gasteiger partial charge is 0.0620 e. The van der Waals surface area contributed by atoms with Gasteiger partial charge in [-0.2, -0.15) is 0 Å². The van der Waals surface area contributed by atoms with Crippen molar-refractivity contribution in [2.75, 3.05) is 9.80 Å². The van der Waals surface area contributed by atoms with Crippen molar-refractivity contribution in [3.8, 4) is 0 Å². The summed E-state index contributed by atoms with van der Waals surface area (Å²) in [6.07, 6.45) is 3.41. The predicted molar refractivity (Wildman–Crippen MR) is 194 cm³/mol. The van der Waals surface area contributed by atoms with E-state index in [-0.39, 0.29) is 0 Å². The second-order valence-electron chi connectivity index (χ2n) is 11.7. The highest BCUT2D eigenvalue weighted by atomic mass is 15.2. The molecule has 2 nitrogen and oxygen atoms in total. The Balaban J connectivity index is 1.65. The van der Waals surface area contributed by atoms with Crippen LogP contribution in [0.25, 0.3) is 21.5 Å². The van der Waals surface area contributed by atoms with Crippen molar-refractivity contribution >= 4 is 55.7 Å². The predicted octanol–water partition coefficient (Wildman–Crippen LogP) is 12.6. The van der Waals surface area contributed by atoms with E-state index in [1.165, 1.54) is 56.9 Å². The SMILES string of the molecule is CCCCc1cc2c(N(c3ccccc3)c3ccccc3)c3ccccc3c(N(c3ccccc3)c3ccccc3)c2cc1C. The molecule has 0 N–H and O–H groups in total. The van der Waals surface area contributed by atoms with Gasteiger partial charge in [0.05, 0.1) is 11.4 Å². The Bertz CT molecular complexity index is 1960. The standard InChI is InChI=1S/C43H38N2/c1-3-4-19-33-31-41-40(30-32(33)2)42(44(34-20-9-5-10-21-34)35-22-11-6-12-23-35)38-28-17-18-29-39(38)43(41)45(36-24-13-7-14-25-36)37-26-15-8-16-27-37/h5-18,20-31H,3-4,19H2,1-2H3. The maximum absolute atomic E-state index is 2.48. The number of para-hydroxylation sites is 4. The Labute approximate surface area is 266 Å². The minimum absolute atomic E-state index is 1.07. The van der Waals surface area contributed by atoms with E-state index in [2.05, 4.69) is 181 Å². The zero-order valence-electron chi connectivity index (χ0n) is 26.0. The molecule has 0 saturated carbocycles. The molecular weight excluding hydrogens is 544 g/mol. The van der Waals surface area contributed by atoms with E-state index in [1.807, 2.05) is 0 Å². The molecule has 0 fully saturated rings. The van der Waals surface area contributed by atoms with Gasteiger partial charge in [-0.3, -0.25) is 0 Å². The van der Waals surface area contributed by atoms with E-state index >= 15 is 0 Å². The molecule has 0 aromatic heterocycles. The topological polar surface area (TPSA) is 6.48 Å². The molecule has 0 amide bonds. The van der Waals surface area contributed by atoms with E-state index in [0.29, 0.717) is 0 Å². The zero-order chi connectivity index (χ0) is 30.6. The quantitative estimate of drug-likeness (QED) is 0.123. The Hall–Kier alpha value is -5.34. The first-order valence-electron chi connectivity index (χ1n) is 16.0.